The third-order valence-corrected chi connectivity index (χ3v) is 1.68. The lowest BCUT2D eigenvalue weighted by atomic mass is 10.2. The van der Waals surface area contributed by atoms with E-state index >= 15 is 0 Å². The van der Waals surface area contributed by atoms with Crippen LogP contribution in [0.2, 0.25) is 0 Å². The molecule has 1 rings (SSSR count). The molecule has 1 saturated heterocycles. The first-order chi connectivity index (χ1) is 4.75. The van der Waals surface area contributed by atoms with Crippen LogP contribution in [0.15, 0.2) is 0 Å². The molecule has 0 bridgehead atoms. The topological polar surface area (TPSA) is 49.4 Å². The highest BCUT2D eigenvalue weighted by Gasteiger charge is 2.23. The normalized spacial score (nSPS) is 25.9. The highest BCUT2D eigenvalue weighted by atomic mass is 16.2. The van der Waals surface area contributed by atoms with Crippen LogP contribution in [0.25, 0.3) is 0 Å². The van der Waals surface area contributed by atoms with Gasteiger partial charge in [-0.25, -0.2) is 0 Å². The summed E-state index contributed by atoms with van der Waals surface area (Å²) >= 11 is 0. The summed E-state index contributed by atoms with van der Waals surface area (Å²) in [5, 5.41) is 2.66. The highest BCUT2D eigenvalue weighted by Crippen LogP contribution is 1.98. The number of carbonyl (C=O) groups excluding carboxylic acids is 2. The summed E-state index contributed by atoms with van der Waals surface area (Å²) in [5.41, 5.74) is 0. The molecule has 4 heteroatoms. The Morgan fingerprint density at radius 1 is 1.80 bits per heavy atom. The summed E-state index contributed by atoms with van der Waals surface area (Å²) in [6.07, 6.45) is 0.712. The van der Waals surface area contributed by atoms with E-state index < -0.39 is 0 Å². The molecule has 0 radical (unpaired) electrons. The minimum absolute atomic E-state index is 0.0710. The molecule has 2 amide bonds. The van der Waals surface area contributed by atoms with Gasteiger partial charge in [-0.05, 0) is 6.92 Å². The summed E-state index contributed by atoms with van der Waals surface area (Å²) in [5.74, 6) is -0.0710. The van der Waals surface area contributed by atoms with E-state index in [9.17, 15) is 9.59 Å². The first kappa shape index (κ1) is 7.05. The van der Waals surface area contributed by atoms with Gasteiger partial charge in [0.1, 0.15) is 6.04 Å². The van der Waals surface area contributed by atoms with Crippen LogP contribution >= 0.6 is 0 Å². The van der Waals surface area contributed by atoms with Gasteiger partial charge in [0.15, 0.2) is 0 Å². The maximum atomic E-state index is 10.9. The molecular formula is C6H10N2O2. The zero-order chi connectivity index (χ0) is 7.56. The van der Waals surface area contributed by atoms with Gasteiger partial charge in [0.2, 0.25) is 12.3 Å². The molecule has 1 aliphatic rings. The van der Waals surface area contributed by atoms with Gasteiger partial charge in [-0.1, -0.05) is 0 Å². The first-order valence-electron chi connectivity index (χ1n) is 3.24. The monoisotopic (exact) mass is 142 g/mol. The fourth-order valence-corrected chi connectivity index (χ4v) is 0.944. The van der Waals surface area contributed by atoms with Crippen LogP contribution in [-0.2, 0) is 9.59 Å². The molecule has 0 aromatic carbocycles. The number of nitrogens with zero attached hydrogens (tertiary/aromatic N) is 1. The van der Waals surface area contributed by atoms with Crippen molar-refractivity contribution in [3.63, 3.8) is 0 Å². The molecule has 0 aromatic heterocycles. The van der Waals surface area contributed by atoms with Crippen LogP contribution in [0.1, 0.15) is 6.92 Å². The molecule has 56 valence electrons. The molecule has 1 atom stereocenters. The number of hydrogen-bond donors (Lipinski definition) is 1. The average Bonchev–Trinajstić information content (AvgIpc) is 1.95. The summed E-state index contributed by atoms with van der Waals surface area (Å²) in [4.78, 5) is 22.6. The van der Waals surface area contributed by atoms with E-state index in [0.717, 1.165) is 0 Å². The molecule has 0 spiro atoms. The van der Waals surface area contributed by atoms with Crippen LogP contribution in [0, 0.1) is 0 Å². The Balaban J connectivity index is 2.59. The molecule has 1 unspecified atom stereocenters. The second kappa shape index (κ2) is 2.68. The van der Waals surface area contributed by atoms with E-state index in [2.05, 4.69) is 5.32 Å². The Bertz CT molecular complexity index is 158. The molecule has 0 aliphatic carbocycles. The molecule has 1 aliphatic heterocycles. The van der Waals surface area contributed by atoms with E-state index in [0.29, 0.717) is 19.5 Å². The Kier molecular flexibility index (Phi) is 1.89. The molecule has 0 saturated carbocycles. The highest BCUT2D eigenvalue weighted by molar-refractivity contribution is 5.84. The van der Waals surface area contributed by atoms with Crippen molar-refractivity contribution in [2.75, 3.05) is 13.1 Å². The predicted molar refractivity (Wildman–Crippen MR) is 35.2 cm³/mol. The van der Waals surface area contributed by atoms with Gasteiger partial charge in [0.25, 0.3) is 0 Å². The average molecular weight is 142 g/mol. The van der Waals surface area contributed by atoms with Crippen molar-refractivity contribution in [1.29, 1.82) is 0 Å². The lowest BCUT2D eigenvalue weighted by Crippen LogP contribution is -2.53. The number of rotatable bonds is 1. The van der Waals surface area contributed by atoms with Gasteiger partial charge in [0.05, 0.1) is 0 Å². The van der Waals surface area contributed by atoms with E-state index in [4.69, 9.17) is 0 Å². The van der Waals surface area contributed by atoms with Gasteiger partial charge < -0.3 is 10.2 Å². The minimum atomic E-state index is -0.300. The summed E-state index contributed by atoms with van der Waals surface area (Å²) in [7, 11) is 0. The first-order valence-corrected chi connectivity index (χ1v) is 3.24. The SMILES string of the molecule is CC1C(=O)NCCN1C=O. The van der Waals surface area contributed by atoms with Crippen molar-refractivity contribution in [3.05, 3.63) is 0 Å². The van der Waals surface area contributed by atoms with E-state index in [1.165, 1.54) is 4.90 Å². The minimum Gasteiger partial charge on any atom is -0.353 e. The predicted octanol–water partition coefficient (Wildman–Crippen LogP) is -1.04. The van der Waals surface area contributed by atoms with Crippen LogP contribution in [0.4, 0.5) is 0 Å². The van der Waals surface area contributed by atoms with Gasteiger partial charge in [-0.2, -0.15) is 0 Å². The maximum absolute atomic E-state index is 10.9. The van der Waals surface area contributed by atoms with Crippen molar-refractivity contribution in [3.8, 4) is 0 Å². The molecule has 1 heterocycles. The largest absolute Gasteiger partial charge is 0.353 e. The van der Waals surface area contributed by atoms with Crippen LogP contribution < -0.4 is 5.32 Å². The second-order valence-corrected chi connectivity index (χ2v) is 2.31. The second-order valence-electron chi connectivity index (χ2n) is 2.31. The molecule has 1 fully saturated rings. The Morgan fingerprint density at radius 2 is 2.50 bits per heavy atom. The lowest BCUT2D eigenvalue weighted by Gasteiger charge is -2.28. The lowest BCUT2D eigenvalue weighted by molar-refractivity contribution is -0.135. The third-order valence-electron chi connectivity index (χ3n) is 1.68. The third kappa shape index (κ3) is 1.10. The van der Waals surface area contributed by atoms with Gasteiger partial charge in [-0.3, -0.25) is 9.59 Å². The summed E-state index contributed by atoms with van der Waals surface area (Å²) in [6, 6.07) is -0.300. The molecule has 4 nitrogen and oxygen atoms in total. The summed E-state index contributed by atoms with van der Waals surface area (Å²) < 4.78 is 0. The van der Waals surface area contributed by atoms with Crippen molar-refractivity contribution in [2.45, 2.75) is 13.0 Å². The zero-order valence-electron chi connectivity index (χ0n) is 5.83. The number of nitrogens with one attached hydrogen (secondary N) is 1. The fourth-order valence-electron chi connectivity index (χ4n) is 0.944. The number of amides is 2. The van der Waals surface area contributed by atoms with Crippen LogP contribution in [0.5, 0.6) is 0 Å². The van der Waals surface area contributed by atoms with Crippen molar-refractivity contribution in [2.24, 2.45) is 0 Å². The van der Waals surface area contributed by atoms with Crippen LogP contribution in [-0.4, -0.2) is 36.3 Å². The van der Waals surface area contributed by atoms with Crippen molar-refractivity contribution < 1.29 is 9.59 Å². The quantitative estimate of drug-likeness (QED) is 0.475. The zero-order valence-corrected chi connectivity index (χ0v) is 5.83. The van der Waals surface area contributed by atoms with E-state index in [1.54, 1.807) is 6.92 Å². The smallest absolute Gasteiger partial charge is 0.242 e. The molecular weight excluding hydrogens is 132 g/mol. The summed E-state index contributed by atoms with van der Waals surface area (Å²) in [6.45, 7) is 2.90. The number of carbonyl (C=O) groups is 2. The Labute approximate surface area is 59.2 Å². The maximum Gasteiger partial charge on any atom is 0.242 e. The Morgan fingerprint density at radius 3 is 3.00 bits per heavy atom. The van der Waals surface area contributed by atoms with Gasteiger partial charge in [-0.15, -0.1) is 0 Å². The molecule has 10 heavy (non-hydrogen) atoms. The van der Waals surface area contributed by atoms with Gasteiger partial charge >= 0.3 is 0 Å². The van der Waals surface area contributed by atoms with E-state index in [1.807, 2.05) is 0 Å². The number of piperazine rings is 1. The van der Waals surface area contributed by atoms with Crippen molar-refractivity contribution >= 4 is 12.3 Å². The van der Waals surface area contributed by atoms with E-state index in [-0.39, 0.29) is 11.9 Å². The molecule has 0 aromatic rings. The van der Waals surface area contributed by atoms with Crippen molar-refractivity contribution in [1.82, 2.24) is 10.2 Å². The number of hydrogen-bond acceptors (Lipinski definition) is 2. The molecule has 1 N–H and O–H groups in total. The Hall–Kier alpha value is -1.06. The fraction of sp³-hybridized carbons (Fsp3) is 0.667. The van der Waals surface area contributed by atoms with Gasteiger partial charge in [0, 0.05) is 13.1 Å². The standard InChI is InChI=1S/C6H10N2O2/c1-5-6(10)7-2-3-8(5)4-9/h4-5H,2-3H2,1H3,(H,7,10). The van der Waals surface area contributed by atoms with Crippen LogP contribution in [0.3, 0.4) is 0 Å².